The molecule has 3 aromatic rings. The Morgan fingerprint density at radius 2 is 1.88 bits per heavy atom. The molecule has 0 radical (unpaired) electrons. The van der Waals surface area contributed by atoms with Gasteiger partial charge in [-0.2, -0.15) is 0 Å². The predicted molar refractivity (Wildman–Crippen MR) is 205 cm³/mol. The standard InChI is InChI=1S/C39H43N5O11S/c1-24(2)44(56(4)51)14-13-28-29-7-5-6-8-32(29)42-36-31(28)19-43(23-46)33(36)17-30-25(3)20-53-38(49)37(30)55-39(50)54-21-26-9-11-27(12-10-26)41-34(47)18-40-35(48)22-52-16-15-45/h5-12,15,17,23-24,37H,13-14,16,18-22H2,1-4H3,(H,40,48)(H,41,47)/b33-17-. The maximum Gasteiger partial charge on any atom is 0.509 e. The van der Waals surface area contributed by atoms with E-state index in [9.17, 15) is 33.3 Å². The van der Waals surface area contributed by atoms with Crippen molar-refractivity contribution >= 4 is 70.3 Å². The zero-order valence-electron chi connectivity index (χ0n) is 31.4. The Morgan fingerprint density at radius 1 is 1.12 bits per heavy atom. The Morgan fingerprint density at radius 3 is 2.57 bits per heavy atom. The van der Waals surface area contributed by atoms with Crippen molar-refractivity contribution < 1.29 is 52.3 Å². The van der Waals surface area contributed by atoms with Crippen molar-refractivity contribution in [1.29, 1.82) is 0 Å². The molecule has 0 saturated heterocycles. The van der Waals surface area contributed by atoms with Crippen molar-refractivity contribution in [3.05, 3.63) is 88.1 Å². The van der Waals surface area contributed by atoms with Crippen molar-refractivity contribution in [3.63, 3.8) is 0 Å². The number of ether oxygens (including phenoxy) is 4. The van der Waals surface area contributed by atoms with Gasteiger partial charge in [0.25, 0.3) is 0 Å². The van der Waals surface area contributed by atoms with Crippen LogP contribution in [0, 0.1) is 0 Å². The highest BCUT2D eigenvalue weighted by atomic mass is 32.2. The molecule has 5 rings (SSSR count). The molecule has 296 valence electrons. The number of cyclic esters (lactones) is 1. The summed E-state index contributed by atoms with van der Waals surface area (Å²) in [6.45, 7) is 5.25. The van der Waals surface area contributed by atoms with Crippen molar-refractivity contribution in [1.82, 2.24) is 19.5 Å². The first-order valence-electron chi connectivity index (χ1n) is 17.7. The summed E-state index contributed by atoms with van der Waals surface area (Å²) in [5, 5.41) is 5.90. The Bertz CT molecular complexity index is 2030. The molecular formula is C39H43N5O11S. The highest BCUT2D eigenvalue weighted by Gasteiger charge is 2.37. The molecule has 17 heteroatoms. The van der Waals surface area contributed by atoms with Gasteiger partial charge in [-0.15, -0.1) is 4.31 Å². The summed E-state index contributed by atoms with van der Waals surface area (Å²) in [4.78, 5) is 79.1. The van der Waals surface area contributed by atoms with Gasteiger partial charge in [-0.05, 0) is 68.2 Å². The van der Waals surface area contributed by atoms with Gasteiger partial charge in [-0.1, -0.05) is 30.3 Å². The molecule has 3 amide bonds. The number of esters is 1. The lowest BCUT2D eigenvalue weighted by Crippen LogP contribution is -2.37. The average molecular weight is 790 g/mol. The number of rotatable bonds is 17. The monoisotopic (exact) mass is 789 g/mol. The molecule has 0 bridgehead atoms. The van der Waals surface area contributed by atoms with E-state index in [4.69, 9.17) is 23.9 Å². The lowest BCUT2D eigenvalue weighted by molar-refractivity contribution is -0.153. The number of aromatic nitrogens is 1. The van der Waals surface area contributed by atoms with Gasteiger partial charge in [0.15, 0.2) is 0 Å². The van der Waals surface area contributed by atoms with Crippen LogP contribution in [0.5, 0.6) is 0 Å². The third-order valence-electron chi connectivity index (χ3n) is 8.99. The van der Waals surface area contributed by atoms with Gasteiger partial charge in [-0.25, -0.2) is 14.6 Å². The Hall–Kier alpha value is -5.62. The van der Waals surface area contributed by atoms with E-state index in [1.165, 1.54) is 4.90 Å². The van der Waals surface area contributed by atoms with Gasteiger partial charge < -0.3 is 43.8 Å². The van der Waals surface area contributed by atoms with Gasteiger partial charge in [0, 0.05) is 46.2 Å². The number of nitrogens with zero attached hydrogens (tertiary/aromatic N) is 3. The summed E-state index contributed by atoms with van der Waals surface area (Å²) in [6.07, 6.45) is 2.39. The van der Waals surface area contributed by atoms with Crippen molar-refractivity contribution in [2.75, 3.05) is 44.5 Å². The summed E-state index contributed by atoms with van der Waals surface area (Å²) in [5.41, 5.74) is 5.35. The maximum atomic E-state index is 13.1. The van der Waals surface area contributed by atoms with E-state index >= 15 is 0 Å². The number of pyridine rings is 1. The smallest absolute Gasteiger partial charge is 0.509 e. The molecule has 2 N–H and O–H groups in total. The van der Waals surface area contributed by atoms with E-state index in [0.29, 0.717) is 65.0 Å². The number of carbonyl (C=O) groups excluding carboxylic acids is 6. The number of nitrogens with one attached hydrogen (secondary N) is 2. The summed E-state index contributed by atoms with van der Waals surface area (Å²) < 4.78 is 35.3. The molecule has 0 saturated carbocycles. The molecule has 2 aromatic carbocycles. The van der Waals surface area contributed by atoms with Crippen LogP contribution in [0.4, 0.5) is 10.5 Å². The van der Waals surface area contributed by atoms with Gasteiger partial charge >= 0.3 is 12.1 Å². The van der Waals surface area contributed by atoms with Crippen LogP contribution >= 0.6 is 0 Å². The summed E-state index contributed by atoms with van der Waals surface area (Å²) in [7, 11) is 0. The van der Waals surface area contributed by atoms with Crippen LogP contribution in [-0.2, 0) is 73.9 Å². The first kappa shape index (κ1) is 41.5. The number of carbonyl (C=O) groups is 6. The van der Waals surface area contributed by atoms with Crippen LogP contribution < -0.4 is 10.6 Å². The third-order valence-corrected chi connectivity index (χ3v) is 10.3. The molecule has 2 aliphatic rings. The Kier molecular flexibility index (Phi) is 14.3. The zero-order chi connectivity index (χ0) is 40.4. The number of hydrogen-bond acceptors (Lipinski definition) is 13. The lowest BCUT2D eigenvalue weighted by atomic mass is 9.96. The normalized spacial score (nSPS) is 16.5. The Balaban J connectivity index is 1.29. The average Bonchev–Trinajstić information content (AvgIpc) is 3.52. The van der Waals surface area contributed by atoms with Crippen LogP contribution in [0.1, 0.15) is 43.2 Å². The molecule has 0 spiro atoms. The van der Waals surface area contributed by atoms with Crippen LogP contribution in [0.2, 0.25) is 0 Å². The minimum absolute atomic E-state index is 0.0465. The van der Waals surface area contributed by atoms with Crippen LogP contribution in [-0.4, -0.2) is 107 Å². The second-order valence-electron chi connectivity index (χ2n) is 13.2. The second-order valence-corrected chi connectivity index (χ2v) is 14.5. The molecule has 2 aliphatic heterocycles. The molecular weight excluding hydrogens is 747 g/mol. The first-order chi connectivity index (χ1) is 26.9. The van der Waals surface area contributed by atoms with E-state index < -0.39 is 41.4 Å². The second kappa shape index (κ2) is 19.3. The number of anilines is 1. The highest BCUT2D eigenvalue weighted by molar-refractivity contribution is 7.88. The number of aldehydes is 1. The van der Waals surface area contributed by atoms with E-state index in [2.05, 4.69) is 10.6 Å². The van der Waals surface area contributed by atoms with Gasteiger partial charge in [-0.3, -0.25) is 14.4 Å². The maximum absolute atomic E-state index is 13.1. The summed E-state index contributed by atoms with van der Waals surface area (Å²) in [5.74, 6) is -1.87. The van der Waals surface area contributed by atoms with Crippen molar-refractivity contribution in [2.24, 2.45) is 0 Å². The summed E-state index contributed by atoms with van der Waals surface area (Å²) in [6, 6.07) is 14.0. The number of para-hydroxylation sites is 1. The highest BCUT2D eigenvalue weighted by Crippen LogP contribution is 2.38. The van der Waals surface area contributed by atoms with Crippen LogP contribution in [0.3, 0.4) is 0 Å². The molecule has 2 atom stereocenters. The zero-order valence-corrected chi connectivity index (χ0v) is 32.2. The summed E-state index contributed by atoms with van der Waals surface area (Å²) >= 11 is -1.19. The lowest BCUT2D eigenvalue weighted by Gasteiger charge is -2.25. The third kappa shape index (κ3) is 10.4. The molecule has 2 unspecified atom stereocenters. The number of benzene rings is 2. The van der Waals surface area contributed by atoms with Crippen LogP contribution in [0.25, 0.3) is 16.6 Å². The fourth-order valence-electron chi connectivity index (χ4n) is 6.27. The van der Waals surface area contributed by atoms with E-state index in [-0.39, 0.29) is 45.6 Å². The van der Waals surface area contributed by atoms with Gasteiger partial charge in [0.2, 0.25) is 24.3 Å². The number of hydrogen-bond donors (Lipinski definition) is 2. The fraction of sp³-hybridized carbons (Fsp3) is 0.359. The first-order valence-corrected chi connectivity index (χ1v) is 19.2. The SMILES string of the molecule is CC1=C(/C=C2/c3nc4ccccc4c(CCN(C(C)C)[S+](C)[O-])c3CN2C=O)C(OC(=O)OCc2ccc(NC(=O)CNC(=O)COCC=O)cc2)C(=O)OC1. The minimum atomic E-state index is -1.49. The molecule has 3 heterocycles. The number of fused-ring (bicyclic) bond motifs is 2. The fourth-order valence-corrected chi connectivity index (χ4v) is 7.21. The van der Waals surface area contributed by atoms with E-state index in [1.54, 1.807) is 43.5 Å². The van der Waals surface area contributed by atoms with Gasteiger partial charge in [0.05, 0.1) is 30.0 Å². The largest absolute Gasteiger partial charge is 0.598 e. The van der Waals surface area contributed by atoms with E-state index in [1.807, 2.05) is 42.4 Å². The predicted octanol–water partition coefficient (Wildman–Crippen LogP) is 2.96. The quantitative estimate of drug-likeness (QED) is 0.0875. The van der Waals surface area contributed by atoms with Crippen LogP contribution in [0.15, 0.2) is 65.8 Å². The molecule has 16 nitrogen and oxygen atoms in total. The molecule has 0 fully saturated rings. The van der Waals surface area contributed by atoms with Gasteiger partial charge in [0.1, 0.15) is 39.0 Å². The minimum Gasteiger partial charge on any atom is -0.598 e. The Labute approximate surface area is 326 Å². The van der Waals surface area contributed by atoms with Crippen molar-refractivity contribution in [2.45, 2.75) is 52.5 Å². The molecule has 56 heavy (non-hydrogen) atoms. The van der Waals surface area contributed by atoms with Crippen molar-refractivity contribution in [3.8, 4) is 0 Å². The molecule has 1 aromatic heterocycles. The van der Waals surface area contributed by atoms with E-state index in [0.717, 1.165) is 16.5 Å². The topological polar surface area (TPSA) is 206 Å². The number of amides is 3. The molecule has 0 aliphatic carbocycles.